The fourth-order valence-electron chi connectivity index (χ4n) is 2.32. The summed E-state index contributed by atoms with van der Waals surface area (Å²) in [4.78, 5) is 6.65. The summed E-state index contributed by atoms with van der Waals surface area (Å²) in [5.41, 5.74) is 4.60. The second-order valence-corrected chi connectivity index (χ2v) is 5.07. The number of nitrogens with zero attached hydrogens (tertiary/aromatic N) is 2. The van der Waals surface area contributed by atoms with Crippen LogP contribution in [0.4, 0.5) is 0 Å². The zero-order valence-corrected chi connectivity index (χ0v) is 12.1. The maximum Gasteiger partial charge on any atom is 0.0863 e. The Morgan fingerprint density at radius 1 is 1.00 bits per heavy atom. The number of hydrogen-bond donors (Lipinski definition) is 0. The third-order valence-corrected chi connectivity index (χ3v) is 3.51. The highest BCUT2D eigenvalue weighted by atomic mass is 15.1. The van der Waals surface area contributed by atoms with Crippen LogP contribution in [0.5, 0.6) is 0 Å². The molecule has 0 bridgehead atoms. The largest absolute Gasteiger partial charge is 0.369 e. The van der Waals surface area contributed by atoms with Crippen LogP contribution in [0.25, 0.3) is 11.8 Å². The molecule has 0 spiro atoms. The minimum atomic E-state index is 0.900. The van der Waals surface area contributed by atoms with Crippen molar-refractivity contribution in [3.05, 3.63) is 89.8 Å². The predicted molar refractivity (Wildman–Crippen MR) is 88.4 cm³/mol. The minimum Gasteiger partial charge on any atom is -0.369 e. The molecule has 21 heavy (non-hydrogen) atoms. The van der Waals surface area contributed by atoms with Crippen molar-refractivity contribution in [2.45, 2.75) is 0 Å². The molecular formula is C19H18N2. The van der Waals surface area contributed by atoms with E-state index in [4.69, 9.17) is 0 Å². The second kappa shape index (κ2) is 6.23. The normalized spacial score (nSPS) is 15.0. The number of benzene rings is 1. The van der Waals surface area contributed by atoms with E-state index in [0.717, 1.165) is 17.9 Å². The summed E-state index contributed by atoms with van der Waals surface area (Å²) < 4.78 is 0. The molecule has 0 unspecified atom stereocenters. The molecule has 2 aromatic rings. The summed E-state index contributed by atoms with van der Waals surface area (Å²) in [7, 11) is 2.09. The summed E-state index contributed by atoms with van der Waals surface area (Å²) in [6.07, 6.45) is 10.5. The van der Waals surface area contributed by atoms with Gasteiger partial charge in [-0.05, 0) is 29.3 Å². The molecule has 1 aliphatic heterocycles. The third-order valence-electron chi connectivity index (χ3n) is 3.51. The molecule has 1 aliphatic rings. The van der Waals surface area contributed by atoms with Crippen LogP contribution in [-0.4, -0.2) is 23.5 Å². The summed E-state index contributed by atoms with van der Waals surface area (Å²) in [6, 6.07) is 16.4. The average Bonchev–Trinajstić information content (AvgIpc) is 2.56. The lowest BCUT2D eigenvalue weighted by Gasteiger charge is -2.24. The lowest BCUT2D eigenvalue weighted by atomic mass is 10.1. The van der Waals surface area contributed by atoms with Crippen LogP contribution in [0.1, 0.15) is 11.3 Å². The molecule has 1 aromatic carbocycles. The van der Waals surface area contributed by atoms with Gasteiger partial charge < -0.3 is 4.90 Å². The lowest BCUT2D eigenvalue weighted by Crippen LogP contribution is -2.20. The monoisotopic (exact) mass is 274 g/mol. The zero-order valence-electron chi connectivity index (χ0n) is 12.1. The Kier molecular flexibility index (Phi) is 3.97. The van der Waals surface area contributed by atoms with E-state index in [2.05, 4.69) is 65.5 Å². The molecule has 2 heterocycles. The highest BCUT2D eigenvalue weighted by molar-refractivity contribution is 5.68. The van der Waals surface area contributed by atoms with Gasteiger partial charge in [0, 0.05) is 19.8 Å². The van der Waals surface area contributed by atoms with Gasteiger partial charge in [0.15, 0.2) is 0 Å². The smallest absolute Gasteiger partial charge is 0.0863 e. The molecule has 2 heteroatoms. The maximum absolute atomic E-state index is 4.44. The highest BCUT2D eigenvalue weighted by Gasteiger charge is 2.11. The first-order chi connectivity index (χ1) is 10.3. The van der Waals surface area contributed by atoms with Crippen LogP contribution in [0, 0.1) is 0 Å². The standard InChI is InChI=1S/C19H18N2/c1-21-14-12-17(11-10-16-7-3-2-4-8-16)15-19(21)18-9-5-6-13-20-18/h2-13,15H,14H2,1H3. The first kappa shape index (κ1) is 13.4. The van der Waals surface area contributed by atoms with E-state index in [-0.39, 0.29) is 0 Å². The van der Waals surface area contributed by atoms with E-state index in [1.807, 2.05) is 30.5 Å². The van der Waals surface area contributed by atoms with Gasteiger partial charge in [0.2, 0.25) is 0 Å². The van der Waals surface area contributed by atoms with E-state index >= 15 is 0 Å². The zero-order chi connectivity index (χ0) is 14.5. The predicted octanol–water partition coefficient (Wildman–Crippen LogP) is 4.01. The molecule has 1 aromatic heterocycles. The number of likely N-dealkylation sites (N-methyl/N-ethyl adjacent to an activating group) is 1. The molecule has 0 amide bonds. The SMILES string of the molecule is CN1CC=C(C=Cc2ccccc2)C=C1c1ccccn1. The van der Waals surface area contributed by atoms with Gasteiger partial charge in [0.1, 0.15) is 0 Å². The van der Waals surface area contributed by atoms with Crippen molar-refractivity contribution in [1.82, 2.24) is 9.88 Å². The fraction of sp³-hybridized carbons (Fsp3) is 0.105. The first-order valence-electron chi connectivity index (χ1n) is 7.10. The van der Waals surface area contributed by atoms with Crippen LogP contribution in [0.3, 0.4) is 0 Å². The van der Waals surface area contributed by atoms with Crippen molar-refractivity contribution < 1.29 is 0 Å². The summed E-state index contributed by atoms with van der Waals surface area (Å²) in [5.74, 6) is 0. The molecule has 3 rings (SSSR count). The Hall–Kier alpha value is -2.61. The molecule has 0 radical (unpaired) electrons. The van der Waals surface area contributed by atoms with Gasteiger partial charge in [-0.1, -0.05) is 54.6 Å². The average molecular weight is 274 g/mol. The quantitative estimate of drug-likeness (QED) is 0.840. The first-order valence-corrected chi connectivity index (χ1v) is 7.10. The number of rotatable bonds is 3. The Morgan fingerprint density at radius 3 is 2.57 bits per heavy atom. The van der Waals surface area contributed by atoms with Crippen LogP contribution < -0.4 is 0 Å². The molecule has 0 saturated heterocycles. The molecule has 0 saturated carbocycles. The number of pyridine rings is 1. The van der Waals surface area contributed by atoms with Gasteiger partial charge in [-0.15, -0.1) is 0 Å². The van der Waals surface area contributed by atoms with E-state index in [9.17, 15) is 0 Å². The Balaban J connectivity index is 1.84. The molecular weight excluding hydrogens is 256 g/mol. The van der Waals surface area contributed by atoms with E-state index in [0.29, 0.717) is 0 Å². The third kappa shape index (κ3) is 3.29. The number of hydrogen-bond acceptors (Lipinski definition) is 2. The second-order valence-electron chi connectivity index (χ2n) is 5.07. The molecule has 0 aliphatic carbocycles. The molecule has 0 atom stereocenters. The van der Waals surface area contributed by atoms with E-state index < -0.39 is 0 Å². The van der Waals surface area contributed by atoms with E-state index in [1.165, 1.54) is 11.1 Å². The van der Waals surface area contributed by atoms with Crippen molar-refractivity contribution in [3.8, 4) is 0 Å². The van der Waals surface area contributed by atoms with Crippen molar-refractivity contribution in [3.63, 3.8) is 0 Å². The van der Waals surface area contributed by atoms with Gasteiger partial charge >= 0.3 is 0 Å². The van der Waals surface area contributed by atoms with Crippen molar-refractivity contribution in [1.29, 1.82) is 0 Å². The van der Waals surface area contributed by atoms with Gasteiger partial charge in [0.05, 0.1) is 11.4 Å². The van der Waals surface area contributed by atoms with Crippen LogP contribution >= 0.6 is 0 Å². The van der Waals surface area contributed by atoms with Gasteiger partial charge in [-0.2, -0.15) is 0 Å². The molecule has 104 valence electrons. The van der Waals surface area contributed by atoms with Gasteiger partial charge in [0.25, 0.3) is 0 Å². The van der Waals surface area contributed by atoms with Crippen LogP contribution in [-0.2, 0) is 0 Å². The van der Waals surface area contributed by atoms with Gasteiger partial charge in [-0.3, -0.25) is 4.98 Å². The van der Waals surface area contributed by atoms with Crippen molar-refractivity contribution in [2.24, 2.45) is 0 Å². The minimum absolute atomic E-state index is 0.900. The lowest BCUT2D eigenvalue weighted by molar-refractivity contribution is 0.527. The summed E-state index contributed by atoms with van der Waals surface area (Å²) in [6.45, 7) is 0.900. The Morgan fingerprint density at radius 2 is 1.81 bits per heavy atom. The highest BCUT2D eigenvalue weighted by Crippen LogP contribution is 2.22. The van der Waals surface area contributed by atoms with E-state index in [1.54, 1.807) is 0 Å². The number of aromatic nitrogens is 1. The topological polar surface area (TPSA) is 16.1 Å². The summed E-state index contributed by atoms with van der Waals surface area (Å²) >= 11 is 0. The molecule has 2 nitrogen and oxygen atoms in total. The Bertz CT molecular complexity index is 682. The van der Waals surface area contributed by atoms with Crippen molar-refractivity contribution >= 4 is 11.8 Å². The van der Waals surface area contributed by atoms with Crippen molar-refractivity contribution in [2.75, 3.05) is 13.6 Å². The molecule has 0 fully saturated rings. The summed E-state index contributed by atoms with van der Waals surface area (Å²) in [5, 5.41) is 0. The molecule has 0 N–H and O–H groups in total. The Labute approximate surface area is 125 Å². The van der Waals surface area contributed by atoms with Crippen LogP contribution in [0.15, 0.2) is 78.5 Å². The maximum atomic E-state index is 4.44. The van der Waals surface area contributed by atoms with Crippen LogP contribution in [0.2, 0.25) is 0 Å². The van der Waals surface area contributed by atoms with Gasteiger partial charge in [-0.25, -0.2) is 0 Å². The fourth-order valence-corrected chi connectivity index (χ4v) is 2.32. The number of allylic oxidation sites excluding steroid dienone is 3.